The van der Waals surface area contributed by atoms with E-state index in [1.165, 1.54) is 6.07 Å². The Hall–Kier alpha value is -3.66. The van der Waals surface area contributed by atoms with E-state index in [1.807, 2.05) is 54.6 Å². The van der Waals surface area contributed by atoms with E-state index in [1.54, 1.807) is 18.2 Å². The number of ketones is 1. The van der Waals surface area contributed by atoms with Gasteiger partial charge in [0.25, 0.3) is 0 Å². The highest BCUT2D eigenvalue weighted by atomic mass is 16.5. The third kappa shape index (κ3) is 2.76. The Morgan fingerprint density at radius 3 is 2.38 bits per heavy atom. The number of carbonyl (C=O) groups excluding carboxylic acids is 2. The average Bonchev–Trinajstić information content (AvgIpc) is 3.11. The van der Waals surface area contributed by atoms with Gasteiger partial charge in [-0.25, -0.2) is 0 Å². The van der Waals surface area contributed by atoms with Gasteiger partial charge in [0, 0.05) is 17.9 Å². The minimum atomic E-state index is -1.06. The Balaban J connectivity index is 1.70. The maximum absolute atomic E-state index is 13.4. The van der Waals surface area contributed by atoms with Crippen LogP contribution in [-0.4, -0.2) is 16.9 Å². The van der Waals surface area contributed by atoms with Gasteiger partial charge in [-0.1, -0.05) is 66.7 Å². The first-order valence-corrected chi connectivity index (χ1v) is 9.55. The monoisotopic (exact) mass is 382 g/mol. The van der Waals surface area contributed by atoms with Gasteiger partial charge in [0.1, 0.15) is 17.4 Å². The van der Waals surface area contributed by atoms with Crippen LogP contribution in [0, 0.1) is 5.92 Å². The molecule has 29 heavy (non-hydrogen) atoms. The molecule has 0 fully saturated rings. The Kier molecular flexibility index (Phi) is 4.06. The lowest BCUT2D eigenvalue weighted by atomic mass is 9.74. The first kappa shape index (κ1) is 17.4. The van der Waals surface area contributed by atoms with Crippen molar-refractivity contribution in [2.45, 2.75) is 12.3 Å². The molecule has 2 aliphatic rings. The fourth-order valence-corrected chi connectivity index (χ4v) is 4.40. The van der Waals surface area contributed by atoms with Gasteiger partial charge in [-0.3, -0.25) is 9.59 Å². The molecule has 4 heteroatoms. The van der Waals surface area contributed by atoms with Crippen LogP contribution in [0.3, 0.4) is 0 Å². The number of fused-ring (bicyclic) bond motifs is 2. The van der Waals surface area contributed by atoms with Crippen molar-refractivity contribution in [3.8, 4) is 5.75 Å². The molecule has 3 aromatic rings. The van der Waals surface area contributed by atoms with Gasteiger partial charge in [0.2, 0.25) is 0 Å². The van der Waals surface area contributed by atoms with E-state index < -0.39 is 23.6 Å². The van der Waals surface area contributed by atoms with Crippen molar-refractivity contribution >= 4 is 17.3 Å². The van der Waals surface area contributed by atoms with Crippen molar-refractivity contribution in [2.24, 2.45) is 5.92 Å². The Bertz CT molecular complexity index is 1160. The molecular formula is C25H18O4. The van der Waals surface area contributed by atoms with Crippen molar-refractivity contribution < 1.29 is 19.4 Å². The van der Waals surface area contributed by atoms with Crippen LogP contribution in [-0.2, 0) is 16.0 Å². The molecule has 4 nitrogen and oxygen atoms in total. The molecule has 0 bridgehead atoms. The zero-order valence-electron chi connectivity index (χ0n) is 15.5. The number of carbonyl (C=O) groups is 2. The number of phenolic OH excluding ortho intramolecular Hbond substituents is 1. The SMILES string of the molecule is O=C1OC2=C(c3ccccc3C2)C(c2ccccc2)C1C(=O)c1ccccc1O. The third-order valence-corrected chi connectivity index (χ3v) is 5.69. The summed E-state index contributed by atoms with van der Waals surface area (Å²) in [4.78, 5) is 26.5. The van der Waals surface area contributed by atoms with Crippen LogP contribution < -0.4 is 0 Å². The Labute approximate surface area is 168 Å². The van der Waals surface area contributed by atoms with E-state index in [0.717, 1.165) is 22.3 Å². The number of allylic oxidation sites excluding steroid dienone is 2. The highest BCUT2D eigenvalue weighted by molar-refractivity contribution is 6.13. The van der Waals surface area contributed by atoms with E-state index >= 15 is 0 Å². The lowest BCUT2D eigenvalue weighted by molar-refractivity contribution is -0.143. The number of Topliss-reactive ketones (excluding diaryl/α,β-unsaturated/α-hetero) is 1. The smallest absolute Gasteiger partial charge is 0.322 e. The molecule has 0 aromatic heterocycles. The molecule has 0 amide bonds. The standard InChI is InChI=1S/C25H18O4/c26-19-13-7-6-12-18(19)24(27)23-21(15-8-2-1-3-9-15)22-17-11-5-4-10-16(17)14-20(22)29-25(23)28/h1-13,21,23,26H,14H2. The van der Waals surface area contributed by atoms with E-state index in [9.17, 15) is 14.7 Å². The molecule has 0 radical (unpaired) electrons. The van der Waals surface area contributed by atoms with Gasteiger partial charge in [0.15, 0.2) is 5.78 Å². The zero-order chi connectivity index (χ0) is 20.0. The number of para-hydroxylation sites is 1. The molecule has 1 heterocycles. The second kappa shape index (κ2) is 6.74. The number of rotatable bonds is 3. The first-order valence-electron chi connectivity index (χ1n) is 9.55. The third-order valence-electron chi connectivity index (χ3n) is 5.69. The number of esters is 1. The summed E-state index contributed by atoms with van der Waals surface area (Å²) in [6.07, 6.45) is 0.540. The summed E-state index contributed by atoms with van der Waals surface area (Å²) in [5, 5.41) is 10.2. The molecule has 0 saturated carbocycles. The summed E-state index contributed by atoms with van der Waals surface area (Å²) < 4.78 is 5.68. The van der Waals surface area contributed by atoms with Crippen molar-refractivity contribution in [2.75, 3.05) is 0 Å². The Morgan fingerprint density at radius 1 is 0.897 bits per heavy atom. The molecule has 0 saturated heterocycles. The summed E-state index contributed by atoms with van der Waals surface area (Å²) in [5.41, 5.74) is 3.99. The molecule has 2 atom stereocenters. The summed E-state index contributed by atoms with van der Waals surface area (Å²) in [5.74, 6) is -2.05. The molecule has 3 aromatic carbocycles. The van der Waals surface area contributed by atoms with E-state index in [-0.39, 0.29) is 11.3 Å². The largest absolute Gasteiger partial charge is 0.507 e. The Morgan fingerprint density at radius 2 is 1.59 bits per heavy atom. The van der Waals surface area contributed by atoms with Crippen LogP contribution in [0.2, 0.25) is 0 Å². The molecular weight excluding hydrogens is 364 g/mol. The van der Waals surface area contributed by atoms with Crippen LogP contribution in [0.5, 0.6) is 5.75 Å². The second-order valence-electron chi connectivity index (χ2n) is 7.34. The number of aromatic hydroxyl groups is 1. The molecule has 1 aliphatic heterocycles. The number of benzene rings is 3. The molecule has 1 aliphatic carbocycles. The average molecular weight is 382 g/mol. The predicted octanol–water partition coefficient (Wildman–Crippen LogP) is 4.50. The summed E-state index contributed by atoms with van der Waals surface area (Å²) in [6, 6.07) is 23.8. The van der Waals surface area contributed by atoms with E-state index in [0.29, 0.717) is 12.2 Å². The van der Waals surface area contributed by atoms with Crippen LogP contribution >= 0.6 is 0 Å². The number of hydrogen-bond donors (Lipinski definition) is 1. The minimum Gasteiger partial charge on any atom is -0.507 e. The molecule has 2 unspecified atom stereocenters. The maximum Gasteiger partial charge on any atom is 0.322 e. The van der Waals surface area contributed by atoms with Gasteiger partial charge in [0.05, 0.1) is 5.56 Å². The van der Waals surface area contributed by atoms with Crippen molar-refractivity contribution in [3.63, 3.8) is 0 Å². The molecule has 0 spiro atoms. The highest BCUT2D eigenvalue weighted by Crippen LogP contribution is 2.50. The number of hydrogen-bond acceptors (Lipinski definition) is 4. The van der Waals surface area contributed by atoms with Crippen molar-refractivity contribution in [1.82, 2.24) is 0 Å². The van der Waals surface area contributed by atoms with Gasteiger partial charge in [-0.2, -0.15) is 0 Å². The quantitative estimate of drug-likeness (QED) is 0.412. The summed E-state index contributed by atoms with van der Waals surface area (Å²) in [6.45, 7) is 0. The normalized spacial score (nSPS) is 20.1. The fraction of sp³-hybridized carbons (Fsp3) is 0.120. The number of ether oxygens (including phenoxy) is 1. The van der Waals surface area contributed by atoms with Crippen molar-refractivity contribution in [1.29, 1.82) is 0 Å². The summed E-state index contributed by atoms with van der Waals surface area (Å²) in [7, 11) is 0. The first-order chi connectivity index (χ1) is 14.1. The van der Waals surface area contributed by atoms with Crippen LogP contribution in [0.4, 0.5) is 0 Å². The number of phenols is 1. The molecule has 5 rings (SSSR count). The maximum atomic E-state index is 13.4. The van der Waals surface area contributed by atoms with Gasteiger partial charge in [-0.05, 0) is 28.8 Å². The van der Waals surface area contributed by atoms with Gasteiger partial charge >= 0.3 is 5.97 Å². The molecule has 1 N–H and O–H groups in total. The van der Waals surface area contributed by atoms with Crippen molar-refractivity contribution in [3.05, 3.63) is 107 Å². The lowest BCUT2D eigenvalue weighted by Gasteiger charge is -2.31. The van der Waals surface area contributed by atoms with Crippen LogP contribution in [0.1, 0.15) is 33.0 Å². The van der Waals surface area contributed by atoms with Crippen LogP contribution in [0.15, 0.2) is 84.6 Å². The molecule has 142 valence electrons. The lowest BCUT2D eigenvalue weighted by Crippen LogP contribution is -2.36. The second-order valence-corrected chi connectivity index (χ2v) is 7.34. The van der Waals surface area contributed by atoms with E-state index in [4.69, 9.17) is 4.74 Å². The fourth-order valence-electron chi connectivity index (χ4n) is 4.40. The zero-order valence-corrected chi connectivity index (χ0v) is 15.5. The van der Waals surface area contributed by atoms with E-state index in [2.05, 4.69) is 0 Å². The van der Waals surface area contributed by atoms with Gasteiger partial charge < -0.3 is 9.84 Å². The highest BCUT2D eigenvalue weighted by Gasteiger charge is 2.47. The van der Waals surface area contributed by atoms with Crippen LogP contribution in [0.25, 0.3) is 5.57 Å². The predicted molar refractivity (Wildman–Crippen MR) is 108 cm³/mol. The minimum absolute atomic E-state index is 0.130. The summed E-state index contributed by atoms with van der Waals surface area (Å²) >= 11 is 0. The van der Waals surface area contributed by atoms with Gasteiger partial charge in [-0.15, -0.1) is 0 Å². The topological polar surface area (TPSA) is 63.6 Å².